The lowest BCUT2D eigenvalue weighted by molar-refractivity contribution is -0.151. The molecule has 0 spiro atoms. The lowest BCUT2D eigenvalue weighted by atomic mass is 9.47. The molecule has 13 nitrogen and oxygen atoms in total. The number of halogens is 2. The Morgan fingerprint density at radius 1 is 1.00 bits per heavy atom. The molecule has 15 heteroatoms. The first-order valence-corrected chi connectivity index (χ1v) is 25.3. The standard InChI is InChI=1S/C52H82F2N4O9/c1-31(2)13-12-14-32(3)37-17-18-38-36-16-15-33-27-35(21-24-50(33,10)39(36)22-25-51(37,38)11)64-29-34(28-48(4,5)6)55-42(59)19-20-43(60)65-30-40-44(61)52(53,54)45(66-40)58-26-23-41(56-46(58)62)57-47(63)67-49(7,8)9/h15,23,26,31-32,34-40,44-45,61H,12-14,16-22,24-25,27-30H2,1-11H3,(H,55,59)(H,56,57,62,63). The number of aliphatic hydroxyl groups is 1. The topological polar surface area (TPSA) is 167 Å². The van der Waals surface area contributed by atoms with Crippen LogP contribution >= 0.6 is 0 Å². The lowest BCUT2D eigenvalue weighted by Crippen LogP contribution is -2.51. The molecule has 1 saturated heterocycles. The third-order valence-electron chi connectivity index (χ3n) is 16.1. The average molecular weight is 945 g/mol. The molecule has 12 atom stereocenters. The number of amides is 2. The first-order valence-electron chi connectivity index (χ1n) is 25.3. The van der Waals surface area contributed by atoms with Crippen molar-refractivity contribution in [1.29, 1.82) is 0 Å². The Labute approximate surface area is 397 Å². The molecule has 0 radical (unpaired) electrons. The summed E-state index contributed by atoms with van der Waals surface area (Å²) in [6, 6.07) is 0.812. The Hall–Kier alpha value is -3.43. The van der Waals surface area contributed by atoms with Gasteiger partial charge in [0.1, 0.15) is 24.1 Å². The number of carbonyl (C=O) groups excluding carboxylic acids is 3. The van der Waals surface area contributed by atoms with Gasteiger partial charge in [-0.25, -0.2) is 9.59 Å². The number of hydrogen-bond acceptors (Lipinski definition) is 10. The first-order chi connectivity index (χ1) is 31.2. The number of fused-ring (bicyclic) bond motifs is 5. The van der Waals surface area contributed by atoms with Crippen LogP contribution in [0.1, 0.15) is 172 Å². The fourth-order valence-corrected chi connectivity index (χ4v) is 12.9. The largest absolute Gasteiger partial charge is 0.463 e. The molecule has 4 aliphatic carbocycles. The molecule has 0 aromatic carbocycles. The predicted octanol–water partition coefficient (Wildman–Crippen LogP) is 10.2. The minimum atomic E-state index is -3.97. The van der Waals surface area contributed by atoms with Crippen molar-refractivity contribution in [2.75, 3.05) is 18.5 Å². The molecule has 1 aromatic rings. The Balaban J connectivity index is 0.965. The smallest absolute Gasteiger partial charge is 0.413 e. The maximum Gasteiger partial charge on any atom is 0.413 e. The first kappa shape index (κ1) is 52.9. The van der Waals surface area contributed by atoms with E-state index < -0.39 is 54.3 Å². The maximum atomic E-state index is 15.2. The van der Waals surface area contributed by atoms with Crippen molar-refractivity contribution in [3.63, 3.8) is 0 Å². The second kappa shape index (κ2) is 20.9. The third-order valence-corrected chi connectivity index (χ3v) is 16.1. The van der Waals surface area contributed by atoms with Gasteiger partial charge in [-0.3, -0.25) is 19.5 Å². The van der Waals surface area contributed by atoms with Gasteiger partial charge in [0.05, 0.1) is 25.2 Å². The van der Waals surface area contributed by atoms with Crippen LogP contribution in [0.2, 0.25) is 0 Å². The summed E-state index contributed by atoms with van der Waals surface area (Å²) in [5, 5.41) is 15.8. The minimum absolute atomic E-state index is 0.0668. The Bertz CT molecular complexity index is 1990. The molecule has 5 aliphatic rings. The van der Waals surface area contributed by atoms with Gasteiger partial charge in [-0.05, 0) is 136 Å². The molecule has 12 unspecified atom stereocenters. The number of aromatic nitrogens is 2. The summed E-state index contributed by atoms with van der Waals surface area (Å²) in [5.74, 6) is -0.705. The molecule has 3 N–H and O–H groups in total. The molecule has 3 saturated carbocycles. The van der Waals surface area contributed by atoms with Crippen LogP contribution < -0.4 is 16.3 Å². The molecule has 6 rings (SSSR count). The van der Waals surface area contributed by atoms with Gasteiger partial charge in [0.25, 0.3) is 0 Å². The number of hydrogen-bond donors (Lipinski definition) is 3. The number of rotatable bonds is 17. The minimum Gasteiger partial charge on any atom is -0.463 e. The molecule has 67 heavy (non-hydrogen) atoms. The maximum absolute atomic E-state index is 15.2. The Morgan fingerprint density at radius 3 is 2.40 bits per heavy atom. The highest BCUT2D eigenvalue weighted by Crippen LogP contribution is 2.67. The van der Waals surface area contributed by atoms with E-state index in [2.05, 4.69) is 77.1 Å². The van der Waals surface area contributed by atoms with Crippen molar-refractivity contribution in [3.8, 4) is 0 Å². The zero-order valence-corrected chi connectivity index (χ0v) is 42.3. The number of esters is 1. The van der Waals surface area contributed by atoms with Crippen LogP contribution in [0, 0.1) is 51.8 Å². The zero-order chi connectivity index (χ0) is 49.3. The molecule has 4 fully saturated rings. The molecule has 2 amide bonds. The molecule has 1 aromatic heterocycles. The lowest BCUT2D eigenvalue weighted by Gasteiger charge is -2.58. The summed E-state index contributed by atoms with van der Waals surface area (Å²) in [7, 11) is 0. The average Bonchev–Trinajstić information content (AvgIpc) is 3.68. The highest BCUT2D eigenvalue weighted by Gasteiger charge is 2.61. The molecular weight excluding hydrogens is 863 g/mol. The van der Waals surface area contributed by atoms with E-state index in [1.54, 1.807) is 26.3 Å². The van der Waals surface area contributed by atoms with E-state index in [-0.39, 0.29) is 47.5 Å². The Morgan fingerprint density at radius 2 is 1.73 bits per heavy atom. The van der Waals surface area contributed by atoms with Crippen LogP contribution in [0.15, 0.2) is 28.7 Å². The van der Waals surface area contributed by atoms with Crippen molar-refractivity contribution >= 4 is 23.8 Å². The molecule has 0 bridgehead atoms. The predicted molar refractivity (Wildman–Crippen MR) is 252 cm³/mol. The van der Waals surface area contributed by atoms with Gasteiger partial charge in [0, 0.05) is 12.6 Å². The monoisotopic (exact) mass is 945 g/mol. The molecule has 378 valence electrons. The van der Waals surface area contributed by atoms with E-state index in [9.17, 15) is 24.3 Å². The molecule has 2 heterocycles. The summed E-state index contributed by atoms with van der Waals surface area (Å²) in [4.78, 5) is 54.4. The molecule has 1 aliphatic heterocycles. The summed E-state index contributed by atoms with van der Waals surface area (Å²) in [6.07, 6.45) is 10.1. The number of nitrogens with one attached hydrogen (secondary N) is 2. The van der Waals surface area contributed by atoms with Crippen LogP contribution in [0.25, 0.3) is 0 Å². The molecular formula is C52H82F2N4O9. The SMILES string of the molecule is CC(C)CCCC(C)C1CCC2C3CC=C4CC(OCC(CC(C)(C)C)NC(=O)CCC(=O)OCC5OC(n6ccc(NC(=O)OC(C)(C)C)nc6=O)C(F)(F)C5O)CCC4(C)C3CCC12C. The number of carbonyl (C=O) groups is 3. The van der Waals surface area contributed by atoms with E-state index in [1.165, 1.54) is 51.4 Å². The van der Waals surface area contributed by atoms with Crippen molar-refractivity contribution in [3.05, 3.63) is 34.4 Å². The van der Waals surface area contributed by atoms with Gasteiger partial charge in [-0.15, -0.1) is 0 Å². The number of aliphatic hydroxyl groups excluding tert-OH is 1. The van der Waals surface area contributed by atoms with Crippen LogP contribution in [-0.4, -0.2) is 81.7 Å². The van der Waals surface area contributed by atoms with Crippen molar-refractivity contribution in [1.82, 2.24) is 14.9 Å². The van der Waals surface area contributed by atoms with Gasteiger partial charge in [0.2, 0.25) is 12.1 Å². The quantitative estimate of drug-likeness (QED) is 0.101. The number of nitrogens with zero attached hydrogens (tertiary/aromatic N) is 2. The Kier molecular flexibility index (Phi) is 16.5. The fourth-order valence-electron chi connectivity index (χ4n) is 12.9. The van der Waals surface area contributed by atoms with Crippen molar-refractivity contribution in [2.24, 2.45) is 51.8 Å². The van der Waals surface area contributed by atoms with Gasteiger partial charge in [0.15, 0.2) is 6.10 Å². The summed E-state index contributed by atoms with van der Waals surface area (Å²) >= 11 is 0. The van der Waals surface area contributed by atoms with Crippen LogP contribution in [0.5, 0.6) is 0 Å². The fraction of sp³-hybridized carbons (Fsp3) is 0.827. The second-order valence-electron chi connectivity index (χ2n) is 24.0. The highest BCUT2D eigenvalue weighted by atomic mass is 19.3. The van der Waals surface area contributed by atoms with E-state index in [1.807, 2.05) is 0 Å². The number of ether oxygens (including phenoxy) is 4. The van der Waals surface area contributed by atoms with Gasteiger partial charge < -0.3 is 29.4 Å². The number of alkyl halides is 2. The normalized spacial score (nSPS) is 32.3. The van der Waals surface area contributed by atoms with Crippen LogP contribution in [0.3, 0.4) is 0 Å². The van der Waals surface area contributed by atoms with Crippen LogP contribution in [0.4, 0.5) is 19.4 Å². The third kappa shape index (κ3) is 12.7. The van der Waals surface area contributed by atoms with E-state index >= 15 is 8.78 Å². The van der Waals surface area contributed by atoms with E-state index in [4.69, 9.17) is 18.9 Å². The van der Waals surface area contributed by atoms with Crippen molar-refractivity contribution in [2.45, 2.75) is 208 Å². The zero-order valence-electron chi connectivity index (χ0n) is 42.3. The number of anilines is 1. The van der Waals surface area contributed by atoms with Gasteiger partial charge in [-0.2, -0.15) is 13.8 Å². The van der Waals surface area contributed by atoms with E-state index in [0.717, 1.165) is 67.0 Å². The second-order valence-corrected chi connectivity index (χ2v) is 24.0. The van der Waals surface area contributed by atoms with Gasteiger partial charge >= 0.3 is 23.7 Å². The highest BCUT2D eigenvalue weighted by molar-refractivity contribution is 5.83. The number of allylic oxidation sites excluding steroid dienone is 1. The summed E-state index contributed by atoms with van der Waals surface area (Å²) in [6.45, 7) is 23.2. The van der Waals surface area contributed by atoms with Gasteiger partial charge in [-0.1, -0.05) is 86.3 Å². The summed E-state index contributed by atoms with van der Waals surface area (Å²) < 4.78 is 53.2. The van der Waals surface area contributed by atoms with E-state index in [0.29, 0.717) is 23.0 Å². The van der Waals surface area contributed by atoms with Crippen molar-refractivity contribution < 1.29 is 47.2 Å². The summed E-state index contributed by atoms with van der Waals surface area (Å²) in [5.41, 5.74) is 0.0851. The van der Waals surface area contributed by atoms with Crippen LogP contribution in [-0.2, 0) is 28.5 Å².